The number of hydrogen-bond donors (Lipinski definition) is 2. The molecule has 1 atom stereocenters. The predicted molar refractivity (Wildman–Crippen MR) is 110 cm³/mol. The van der Waals surface area contributed by atoms with Crippen molar-refractivity contribution in [3.63, 3.8) is 0 Å². The molecule has 1 aliphatic rings. The van der Waals surface area contributed by atoms with Crippen molar-refractivity contribution in [3.05, 3.63) is 59.7 Å². The van der Waals surface area contributed by atoms with Crippen LogP contribution in [0.3, 0.4) is 0 Å². The van der Waals surface area contributed by atoms with Crippen molar-refractivity contribution in [2.45, 2.75) is 32.0 Å². The number of phenolic OH excluding ortho intramolecular Hbond substituents is 1. The van der Waals surface area contributed by atoms with Gasteiger partial charge in [0.2, 0.25) is 0 Å². The minimum atomic E-state index is 0.177. The first-order valence-electron chi connectivity index (χ1n) is 9.20. The van der Waals surface area contributed by atoms with Crippen LogP contribution in [0.25, 0.3) is 0 Å². The van der Waals surface area contributed by atoms with Crippen LogP contribution in [0.5, 0.6) is 11.5 Å². The second kappa shape index (κ2) is 9.58. The van der Waals surface area contributed by atoms with Crippen LogP contribution in [0, 0.1) is 0 Å². The van der Waals surface area contributed by atoms with Gasteiger partial charge in [0.25, 0.3) is 0 Å². The van der Waals surface area contributed by atoms with E-state index in [1.54, 1.807) is 13.2 Å². The maximum atomic E-state index is 10.1. The molecule has 0 amide bonds. The van der Waals surface area contributed by atoms with Crippen LogP contribution < -0.4 is 10.1 Å². The number of benzene rings is 2. The third kappa shape index (κ3) is 5.58. The maximum absolute atomic E-state index is 10.1. The number of hydrogen-bond acceptors (Lipinski definition) is 4. The summed E-state index contributed by atoms with van der Waals surface area (Å²) >= 11 is 5.65. The lowest BCUT2D eigenvalue weighted by Crippen LogP contribution is -2.42. The first-order chi connectivity index (χ1) is 13.2. The Bertz CT molecular complexity index is 745. The van der Waals surface area contributed by atoms with Crippen molar-refractivity contribution in [2.24, 2.45) is 0 Å². The minimum absolute atomic E-state index is 0.177. The number of para-hydroxylation sites is 1. The van der Waals surface area contributed by atoms with E-state index < -0.39 is 0 Å². The molecule has 1 aliphatic heterocycles. The Morgan fingerprint density at radius 3 is 2.70 bits per heavy atom. The van der Waals surface area contributed by atoms with E-state index >= 15 is 0 Å². The zero-order chi connectivity index (χ0) is 19.1. The van der Waals surface area contributed by atoms with Crippen LogP contribution in [-0.2, 0) is 17.8 Å². The summed E-state index contributed by atoms with van der Waals surface area (Å²) < 4.78 is 11.0. The minimum Gasteiger partial charge on any atom is -0.508 e. The van der Waals surface area contributed by atoms with Gasteiger partial charge in [0.05, 0.1) is 13.2 Å². The van der Waals surface area contributed by atoms with Gasteiger partial charge in [0.15, 0.2) is 5.11 Å². The zero-order valence-electron chi connectivity index (χ0n) is 15.6. The number of phenols is 1. The van der Waals surface area contributed by atoms with Gasteiger partial charge in [-0.25, -0.2) is 0 Å². The summed E-state index contributed by atoms with van der Waals surface area (Å²) in [5.74, 6) is 1.12. The average Bonchev–Trinajstić information content (AvgIpc) is 3.21. The molecule has 2 aromatic carbocycles. The quantitative estimate of drug-likeness (QED) is 0.711. The fourth-order valence-electron chi connectivity index (χ4n) is 3.14. The van der Waals surface area contributed by atoms with Crippen LogP contribution in [-0.4, -0.2) is 41.5 Å². The van der Waals surface area contributed by atoms with E-state index in [0.717, 1.165) is 36.3 Å². The summed E-state index contributed by atoms with van der Waals surface area (Å²) in [4.78, 5) is 2.07. The van der Waals surface area contributed by atoms with Crippen LogP contribution in [0.4, 0.5) is 0 Å². The highest BCUT2D eigenvalue weighted by Crippen LogP contribution is 2.20. The van der Waals surface area contributed by atoms with Gasteiger partial charge in [0, 0.05) is 31.8 Å². The van der Waals surface area contributed by atoms with Gasteiger partial charge in [-0.3, -0.25) is 0 Å². The van der Waals surface area contributed by atoms with Crippen LogP contribution >= 0.6 is 12.2 Å². The van der Waals surface area contributed by atoms with Gasteiger partial charge in [0.1, 0.15) is 11.5 Å². The van der Waals surface area contributed by atoms with E-state index in [4.69, 9.17) is 21.7 Å². The molecule has 1 fully saturated rings. The van der Waals surface area contributed by atoms with Crippen molar-refractivity contribution in [1.29, 1.82) is 0 Å². The number of ether oxygens (including phenoxy) is 2. The van der Waals surface area contributed by atoms with Crippen LogP contribution in [0.15, 0.2) is 48.5 Å². The van der Waals surface area contributed by atoms with Gasteiger partial charge >= 0.3 is 0 Å². The SMILES string of the molecule is COc1ccc(CNC(=S)N(Cc2ccccc2O)CC2CCCO2)cc1. The third-order valence-corrected chi connectivity index (χ3v) is 5.09. The lowest BCUT2D eigenvalue weighted by Gasteiger charge is -2.28. The molecule has 144 valence electrons. The van der Waals surface area contributed by atoms with E-state index in [9.17, 15) is 5.11 Å². The second-order valence-electron chi connectivity index (χ2n) is 6.65. The molecule has 1 unspecified atom stereocenters. The number of rotatable bonds is 7. The zero-order valence-corrected chi connectivity index (χ0v) is 16.4. The van der Waals surface area contributed by atoms with Crippen molar-refractivity contribution in [1.82, 2.24) is 10.2 Å². The highest BCUT2D eigenvalue weighted by atomic mass is 32.1. The fraction of sp³-hybridized carbons (Fsp3) is 0.381. The average molecular weight is 387 g/mol. The van der Waals surface area contributed by atoms with E-state index in [2.05, 4.69) is 10.2 Å². The highest BCUT2D eigenvalue weighted by Gasteiger charge is 2.21. The first-order valence-corrected chi connectivity index (χ1v) is 9.60. The second-order valence-corrected chi connectivity index (χ2v) is 7.04. The molecule has 0 spiro atoms. The molecule has 1 saturated heterocycles. The third-order valence-electron chi connectivity index (χ3n) is 4.69. The molecule has 0 saturated carbocycles. The number of nitrogens with zero attached hydrogens (tertiary/aromatic N) is 1. The predicted octanol–water partition coefficient (Wildman–Crippen LogP) is 3.46. The molecule has 2 aromatic rings. The molecule has 0 radical (unpaired) electrons. The summed E-state index contributed by atoms with van der Waals surface area (Å²) in [5.41, 5.74) is 1.97. The largest absolute Gasteiger partial charge is 0.508 e. The van der Waals surface area contributed by atoms with Gasteiger partial charge < -0.3 is 24.8 Å². The number of thiocarbonyl (C=S) groups is 1. The molecule has 6 heteroatoms. The lowest BCUT2D eigenvalue weighted by molar-refractivity contribution is 0.0896. The summed E-state index contributed by atoms with van der Waals surface area (Å²) in [6.07, 6.45) is 2.30. The number of aromatic hydroxyl groups is 1. The van der Waals surface area contributed by atoms with Crippen molar-refractivity contribution >= 4 is 17.3 Å². The van der Waals surface area contributed by atoms with E-state index in [1.807, 2.05) is 42.5 Å². The maximum Gasteiger partial charge on any atom is 0.169 e. The number of nitrogens with one attached hydrogen (secondary N) is 1. The molecular weight excluding hydrogens is 360 g/mol. The van der Waals surface area contributed by atoms with Gasteiger partial charge in [-0.15, -0.1) is 0 Å². The van der Waals surface area contributed by atoms with Crippen LogP contribution in [0.2, 0.25) is 0 Å². The standard InChI is InChI=1S/C21H26N2O3S/c1-25-18-10-8-16(9-11-18)13-22-21(27)23(15-19-6-4-12-26-19)14-17-5-2-3-7-20(17)24/h2-3,5,7-11,19,24H,4,6,12-15H2,1H3,(H,22,27). The van der Waals surface area contributed by atoms with E-state index in [0.29, 0.717) is 24.7 Å². The molecule has 0 bridgehead atoms. The monoisotopic (exact) mass is 386 g/mol. The van der Waals surface area contributed by atoms with Crippen LogP contribution in [0.1, 0.15) is 24.0 Å². The Balaban J connectivity index is 1.64. The van der Waals surface area contributed by atoms with Crippen molar-refractivity contribution in [2.75, 3.05) is 20.3 Å². The Morgan fingerprint density at radius 2 is 2.04 bits per heavy atom. The van der Waals surface area contributed by atoms with Crippen molar-refractivity contribution in [3.8, 4) is 11.5 Å². The topological polar surface area (TPSA) is 54.0 Å². The van der Waals surface area contributed by atoms with Gasteiger partial charge in [-0.2, -0.15) is 0 Å². The summed E-state index contributed by atoms with van der Waals surface area (Å²) in [5, 5.41) is 14.1. The Hall–Kier alpha value is -2.31. The summed E-state index contributed by atoms with van der Waals surface area (Å²) in [7, 11) is 1.66. The first kappa shape index (κ1) is 19.5. The molecule has 2 N–H and O–H groups in total. The molecule has 3 rings (SSSR count). The molecular formula is C21H26N2O3S. The van der Waals surface area contributed by atoms with E-state index in [1.165, 1.54) is 0 Å². The summed E-state index contributed by atoms with van der Waals surface area (Å²) in [6, 6.07) is 15.3. The molecule has 1 heterocycles. The molecule has 27 heavy (non-hydrogen) atoms. The van der Waals surface area contributed by atoms with Gasteiger partial charge in [-0.1, -0.05) is 30.3 Å². The molecule has 0 aromatic heterocycles. The number of methoxy groups -OCH3 is 1. The smallest absolute Gasteiger partial charge is 0.169 e. The normalized spacial score (nSPS) is 16.1. The van der Waals surface area contributed by atoms with Gasteiger partial charge in [-0.05, 0) is 48.8 Å². The Labute approximate surface area is 165 Å². The Morgan fingerprint density at radius 1 is 1.26 bits per heavy atom. The Kier molecular flexibility index (Phi) is 6.90. The lowest BCUT2D eigenvalue weighted by atomic mass is 10.1. The summed E-state index contributed by atoms with van der Waals surface area (Å²) in [6.45, 7) is 2.69. The molecule has 0 aliphatic carbocycles. The van der Waals surface area contributed by atoms with E-state index in [-0.39, 0.29) is 11.9 Å². The molecule has 5 nitrogen and oxygen atoms in total. The highest BCUT2D eigenvalue weighted by molar-refractivity contribution is 7.80. The van der Waals surface area contributed by atoms with Crippen molar-refractivity contribution < 1.29 is 14.6 Å². The fourth-order valence-corrected chi connectivity index (χ4v) is 3.35.